The van der Waals surface area contributed by atoms with Crippen LogP contribution >= 0.6 is 0 Å². The topological polar surface area (TPSA) is 43.4 Å². The number of benzene rings is 2. The molecule has 0 fully saturated rings. The highest BCUT2D eigenvalue weighted by Crippen LogP contribution is 2.30. The molecule has 1 aliphatic carbocycles. The summed E-state index contributed by atoms with van der Waals surface area (Å²) >= 11 is 0. The van der Waals surface area contributed by atoms with Crippen molar-refractivity contribution in [2.24, 2.45) is 5.92 Å². The summed E-state index contributed by atoms with van der Waals surface area (Å²) < 4.78 is 5.29. The molecule has 0 heterocycles. The molecule has 2 aromatic rings. The van der Waals surface area contributed by atoms with Crippen molar-refractivity contribution >= 4 is 11.8 Å². The third kappa shape index (κ3) is 2.59. The zero-order valence-electron chi connectivity index (χ0n) is 11.8. The molecule has 0 aliphatic heterocycles. The van der Waals surface area contributed by atoms with Crippen molar-refractivity contribution in [1.29, 1.82) is 0 Å². The minimum absolute atomic E-state index is 0.110. The molecule has 0 radical (unpaired) electrons. The van der Waals surface area contributed by atoms with E-state index in [0.29, 0.717) is 12.0 Å². The first-order valence-electron chi connectivity index (χ1n) is 7.00. The molecule has 3 heteroatoms. The van der Waals surface area contributed by atoms with Crippen LogP contribution in [0.1, 0.15) is 27.0 Å². The summed E-state index contributed by atoms with van der Waals surface area (Å²) in [7, 11) is 0. The van der Waals surface area contributed by atoms with Crippen LogP contribution in [0.25, 0.3) is 0 Å². The van der Waals surface area contributed by atoms with E-state index in [-0.39, 0.29) is 12.4 Å². The van der Waals surface area contributed by atoms with Crippen molar-refractivity contribution in [3.05, 3.63) is 70.8 Å². The zero-order chi connectivity index (χ0) is 14.8. The van der Waals surface area contributed by atoms with Gasteiger partial charge in [0, 0.05) is 5.56 Å². The largest absolute Gasteiger partial charge is 0.460 e. The summed E-state index contributed by atoms with van der Waals surface area (Å²) in [6.45, 7) is 2.10. The normalized spacial score (nSPS) is 16.6. The molecule has 3 nitrogen and oxygen atoms in total. The van der Waals surface area contributed by atoms with Crippen LogP contribution in [0.3, 0.4) is 0 Å². The average molecular weight is 280 g/mol. The maximum atomic E-state index is 12.4. The lowest BCUT2D eigenvalue weighted by Gasteiger charge is -2.09. The van der Waals surface area contributed by atoms with Crippen LogP contribution < -0.4 is 0 Å². The summed E-state index contributed by atoms with van der Waals surface area (Å²) in [4.78, 5) is 24.5. The van der Waals surface area contributed by atoms with Crippen molar-refractivity contribution < 1.29 is 14.3 Å². The van der Waals surface area contributed by atoms with Gasteiger partial charge in [-0.25, -0.2) is 0 Å². The van der Waals surface area contributed by atoms with E-state index in [9.17, 15) is 9.59 Å². The molecule has 1 aliphatic rings. The Bertz CT molecular complexity index is 689. The molecule has 0 spiro atoms. The van der Waals surface area contributed by atoms with Gasteiger partial charge in [-0.1, -0.05) is 48.5 Å². The third-order valence-corrected chi connectivity index (χ3v) is 3.85. The van der Waals surface area contributed by atoms with Crippen molar-refractivity contribution in [3.63, 3.8) is 0 Å². The van der Waals surface area contributed by atoms with E-state index in [1.165, 1.54) is 0 Å². The standard InChI is InChI=1S/C18H16O3/c1-12-6-5-9-14-10-15(17(19)16(12)14)18(20)21-11-13-7-3-2-4-8-13/h2-9,15H,10-11H2,1H3. The van der Waals surface area contributed by atoms with E-state index in [1.54, 1.807) is 0 Å². The van der Waals surface area contributed by atoms with Crippen LogP contribution in [0.5, 0.6) is 0 Å². The Kier molecular flexibility index (Phi) is 3.57. The van der Waals surface area contributed by atoms with E-state index in [0.717, 1.165) is 16.7 Å². The first-order valence-corrected chi connectivity index (χ1v) is 7.00. The van der Waals surface area contributed by atoms with Crippen LogP contribution in [0.2, 0.25) is 0 Å². The molecular formula is C18H16O3. The van der Waals surface area contributed by atoms with Gasteiger partial charge in [0.25, 0.3) is 0 Å². The number of ketones is 1. The van der Waals surface area contributed by atoms with Gasteiger partial charge < -0.3 is 4.74 Å². The Labute approximate surface area is 123 Å². The van der Waals surface area contributed by atoms with Crippen molar-refractivity contribution in [3.8, 4) is 0 Å². The Hall–Kier alpha value is -2.42. The molecule has 1 unspecified atom stereocenters. The second kappa shape index (κ2) is 5.52. The summed E-state index contributed by atoms with van der Waals surface area (Å²) in [6, 6.07) is 15.2. The van der Waals surface area contributed by atoms with Gasteiger partial charge in [-0.05, 0) is 30.0 Å². The predicted octanol–water partition coefficient (Wildman–Crippen LogP) is 3.09. The zero-order valence-corrected chi connectivity index (χ0v) is 11.8. The fourth-order valence-corrected chi connectivity index (χ4v) is 2.76. The molecule has 3 rings (SSSR count). The summed E-state index contributed by atoms with van der Waals surface area (Å²) in [5, 5.41) is 0. The maximum absolute atomic E-state index is 12.4. The van der Waals surface area contributed by atoms with E-state index in [2.05, 4.69) is 0 Å². The van der Waals surface area contributed by atoms with E-state index in [1.807, 2.05) is 55.5 Å². The van der Waals surface area contributed by atoms with Gasteiger partial charge in [-0.15, -0.1) is 0 Å². The minimum atomic E-state index is -0.690. The van der Waals surface area contributed by atoms with Gasteiger partial charge in [0.2, 0.25) is 0 Å². The molecule has 0 saturated heterocycles. The van der Waals surface area contributed by atoms with Gasteiger partial charge in [0.15, 0.2) is 5.78 Å². The Morgan fingerprint density at radius 1 is 1.14 bits per heavy atom. The molecule has 0 amide bonds. The Balaban J connectivity index is 1.70. The Morgan fingerprint density at radius 3 is 2.62 bits per heavy atom. The maximum Gasteiger partial charge on any atom is 0.317 e. The number of hydrogen-bond donors (Lipinski definition) is 0. The van der Waals surface area contributed by atoms with Crippen LogP contribution in [-0.2, 0) is 22.6 Å². The van der Waals surface area contributed by atoms with Gasteiger partial charge in [-0.2, -0.15) is 0 Å². The first kappa shape index (κ1) is 13.6. The molecule has 0 aromatic heterocycles. The van der Waals surface area contributed by atoms with Gasteiger partial charge in [0.05, 0.1) is 0 Å². The quantitative estimate of drug-likeness (QED) is 0.641. The summed E-state index contributed by atoms with van der Waals surface area (Å²) in [5.41, 5.74) is 3.49. The van der Waals surface area contributed by atoms with Crippen molar-refractivity contribution in [1.82, 2.24) is 0 Å². The molecular weight excluding hydrogens is 264 g/mol. The molecule has 2 aromatic carbocycles. The third-order valence-electron chi connectivity index (χ3n) is 3.85. The summed E-state index contributed by atoms with van der Waals surface area (Å²) in [5.74, 6) is -1.23. The smallest absolute Gasteiger partial charge is 0.317 e. The average Bonchev–Trinajstić information content (AvgIpc) is 2.84. The lowest BCUT2D eigenvalue weighted by molar-refractivity contribution is -0.147. The van der Waals surface area contributed by atoms with E-state index in [4.69, 9.17) is 4.74 Å². The lowest BCUT2D eigenvalue weighted by atomic mass is 10.0. The van der Waals surface area contributed by atoms with Crippen LogP contribution in [0.15, 0.2) is 48.5 Å². The van der Waals surface area contributed by atoms with Crippen LogP contribution in [0, 0.1) is 12.8 Å². The van der Waals surface area contributed by atoms with Crippen LogP contribution in [0.4, 0.5) is 0 Å². The second-order valence-corrected chi connectivity index (χ2v) is 5.32. The highest BCUT2D eigenvalue weighted by atomic mass is 16.5. The van der Waals surface area contributed by atoms with Gasteiger partial charge in [-0.3, -0.25) is 9.59 Å². The molecule has 0 saturated carbocycles. The number of carbonyl (C=O) groups is 2. The van der Waals surface area contributed by atoms with E-state index >= 15 is 0 Å². The molecule has 0 bridgehead atoms. The molecule has 21 heavy (non-hydrogen) atoms. The lowest BCUT2D eigenvalue weighted by Crippen LogP contribution is -2.23. The summed E-state index contributed by atoms with van der Waals surface area (Å²) in [6.07, 6.45) is 0.448. The second-order valence-electron chi connectivity index (χ2n) is 5.32. The van der Waals surface area contributed by atoms with Crippen molar-refractivity contribution in [2.45, 2.75) is 20.0 Å². The highest BCUT2D eigenvalue weighted by molar-refractivity contribution is 6.13. The van der Waals surface area contributed by atoms with Gasteiger partial charge >= 0.3 is 5.97 Å². The molecule has 106 valence electrons. The number of Topliss-reactive ketones (excluding diaryl/α,β-unsaturated/α-hetero) is 1. The Morgan fingerprint density at radius 2 is 1.90 bits per heavy atom. The fourth-order valence-electron chi connectivity index (χ4n) is 2.76. The van der Waals surface area contributed by atoms with Crippen LogP contribution in [-0.4, -0.2) is 11.8 Å². The number of hydrogen-bond acceptors (Lipinski definition) is 3. The number of fused-ring (bicyclic) bond motifs is 1. The SMILES string of the molecule is Cc1cccc2c1C(=O)C(C(=O)OCc1ccccc1)C2. The number of ether oxygens (including phenoxy) is 1. The van der Waals surface area contributed by atoms with Gasteiger partial charge in [0.1, 0.15) is 12.5 Å². The predicted molar refractivity (Wildman–Crippen MR) is 78.9 cm³/mol. The number of carbonyl (C=O) groups excluding carboxylic acids is 2. The molecule has 0 N–H and O–H groups in total. The monoisotopic (exact) mass is 280 g/mol. The van der Waals surface area contributed by atoms with Crippen molar-refractivity contribution in [2.75, 3.05) is 0 Å². The number of esters is 1. The van der Waals surface area contributed by atoms with E-state index < -0.39 is 11.9 Å². The fraction of sp³-hybridized carbons (Fsp3) is 0.222. The number of rotatable bonds is 3. The number of aryl methyl sites for hydroxylation is 1. The molecule has 1 atom stereocenters. The minimum Gasteiger partial charge on any atom is -0.460 e. The highest BCUT2D eigenvalue weighted by Gasteiger charge is 2.37. The first-order chi connectivity index (χ1) is 10.2.